The maximum atomic E-state index is 12.4. The van der Waals surface area contributed by atoms with E-state index in [4.69, 9.17) is 4.74 Å². The highest BCUT2D eigenvalue weighted by Gasteiger charge is 2.28. The third-order valence-corrected chi connectivity index (χ3v) is 4.92. The van der Waals surface area contributed by atoms with Gasteiger partial charge in [-0.05, 0) is 49.8 Å². The van der Waals surface area contributed by atoms with E-state index in [1.54, 1.807) is 0 Å². The number of aryl methyl sites for hydroxylation is 1. The van der Waals surface area contributed by atoms with Crippen LogP contribution >= 0.6 is 0 Å². The normalized spacial score (nSPS) is 14.6. The summed E-state index contributed by atoms with van der Waals surface area (Å²) in [5.74, 6) is 0.221. The molecule has 1 aliphatic carbocycles. The lowest BCUT2D eigenvalue weighted by Gasteiger charge is -2.23. The van der Waals surface area contributed by atoms with Gasteiger partial charge >= 0.3 is 5.69 Å². The molecule has 1 heterocycles. The SMILES string of the molecule is CCCc1[nH]nc(C(=O)NCc2cccc(OC3CCCCC3)c2)c1[N+](=O)[O-]. The molecule has 1 fully saturated rings. The molecule has 3 rings (SSSR count). The molecule has 0 saturated heterocycles. The van der Waals surface area contributed by atoms with Gasteiger partial charge in [-0.1, -0.05) is 31.9 Å². The number of amides is 1. The Morgan fingerprint density at radius 2 is 2.14 bits per heavy atom. The predicted octanol–water partition coefficient (Wildman–Crippen LogP) is 3.91. The second kappa shape index (κ2) is 9.34. The van der Waals surface area contributed by atoms with E-state index in [0.29, 0.717) is 12.1 Å². The average Bonchev–Trinajstić information content (AvgIpc) is 3.12. The van der Waals surface area contributed by atoms with Crippen molar-refractivity contribution in [3.05, 3.63) is 51.3 Å². The number of nitro groups is 1. The number of aromatic nitrogens is 2. The molecular formula is C20H26N4O4. The zero-order valence-electron chi connectivity index (χ0n) is 16.1. The number of nitrogens with one attached hydrogen (secondary N) is 2. The van der Waals surface area contributed by atoms with Crippen LogP contribution in [-0.2, 0) is 13.0 Å². The second-order valence-corrected chi connectivity index (χ2v) is 7.11. The van der Waals surface area contributed by atoms with Crippen LogP contribution in [0.5, 0.6) is 5.75 Å². The van der Waals surface area contributed by atoms with Crippen molar-refractivity contribution in [1.29, 1.82) is 0 Å². The van der Waals surface area contributed by atoms with Crippen LogP contribution in [0.15, 0.2) is 24.3 Å². The van der Waals surface area contributed by atoms with E-state index in [9.17, 15) is 14.9 Å². The van der Waals surface area contributed by atoms with Crippen LogP contribution in [0.2, 0.25) is 0 Å². The highest BCUT2D eigenvalue weighted by Crippen LogP contribution is 2.25. The summed E-state index contributed by atoms with van der Waals surface area (Å²) in [5.41, 5.74) is 0.825. The van der Waals surface area contributed by atoms with E-state index in [1.165, 1.54) is 19.3 Å². The lowest BCUT2D eigenvalue weighted by atomic mass is 9.98. The van der Waals surface area contributed by atoms with E-state index < -0.39 is 10.8 Å². The smallest absolute Gasteiger partial charge is 0.322 e. The first-order chi connectivity index (χ1) is 13.6. The van der Waals surface area contributed by atoms with Gasteiger partial charge in [-0.3, -0.25) is 20.0 Å². The Labute approximate surface area is 163 Å². The van der Waals surface area contributed by atoms with Gasteiger partial charge in [-0.2, -0.15) is 5.10 Å². The molecular weight excluding hydrogens is 360 g/mol. The fourth-order valence-corrected chi connectivity index (χ4v) is 3.52. The molecule has 2 aromatic rings. The van der Waals surface area contributed by atoms with Crippen molar-refractivity contribution in [3.8, 4) is 5.75 Å². The van der Waals surface area contributed by atoms with Crippen LogP contribution in [0, 0.1) is 10.1 Å². The molecule has 1 amide bonds. The number of hydrogen-bond acceptors (Lipinski definition) is 5. The number of H-pyrrole nitrogens is 1. The van der Waals surface area contributed by atoms with Crippen LogP contribution in [0.25, 0.3) is 0 Å². The van der Waals surface area contributed by atoms with Gasteiger partial charge in [0.15, 0.2) is 0 Å². The van der Waals surface area contributed by atoms with Gasteiger partial charge in [-0.15, -0.1) is 0 Å². The minimum Gasteiger partial charge on any atom is -0.490 e. The Hall–Kier alpha value is -2.90. The third-order valence-electron chi connectivity index (χ3n) is 4.92. The number of nitrogens with zero attached hydrogens (tertiary/aromatic N) is 2. The molecule has 0 aliphatic heterocycles. The molecule has 28 heavy (non-hydrogen) atoms. The van der Waals surface area contributed by atoms with E-state index >= 15 is 0 Å². The lowest BCUT2D eigenvalue weighted by molar-refractivity contribution is -0.385. The quantitative estimate of drug-likeness (QED) is 0.528. The Kier molecular flexibility index (Phi) is 6.62. The Bertz CT molecular complexity index is 827. The summed E-state index contributed by atoms with van der Waals surface area (Å²) < 4.78 is 6.05. The first kappa shape index (κ1) is 19.9. The molecule has 0 unspecified atom stereocenters. The van der Waals surface area contributed by atoms with Crippen molar-refractivity contribution in [3.63, 3.8) is 0 Å². The summed E-state index contributed by atoms with van der Waals surface area (Å²) >= 11 is 0. The highest BCUT2D eigenvalue weighted by molar-refractivity contribution is 5.96. The molecule has 0 radical (unpaired) electrons. The van der Waals surface area contributed by atoms with E-state index in [1.807, 2.05) is 31.2 Å². The summed E-state index contributed by atoms with van der Waals surface area (Å²) in [6, 6.07) is 7.58. The van der Waals surface area contributed by atoms with Gasteiger partial charge in [0.1, 0.15) is 11.4 Å². The fraction of sp³-hybridized carbons (Fsp3) is 0.500. The van der Waals surface area contributed by atoms with Gasteiger partial charge in [0.25, 0.3) is 5.91 Å². The first-order valence-corrected chi connectivity index (χ1v) is 9.84. The van der Waals surface area contributed by atoms with E-state index in [0.717, 1.165) is 30.6 Å². The summed E-state index contributed by atoms with van der Waals surface area (Å²) in [4.78, 5) is 23.2. The number of carbonyl (C=O) groups excluding carboxylic acids is 1. The van der Waals surface area contributed by atoms with Crippen molar-refractivity contribution < 1.29 is 14.5 Å². The van der Waals surface area contributed by atoms with Crippen molar-refractivity contribution in [2.75, 3.05) is 0 Å². The van der Waals surface area contributed by atoms with Crippen LogP contribution in [-0.4, -0.2) is 27.1 Å². The summed E-state index contributed by atoms with van der Waals surface area (Å²) in [5, 5.41) is 20.5. The fourth-order valence-electron chi connectivity index (χ4n) is 3.52. The predicted molar refractivity (Wildman–Crippen MR) is 104 cm³/mol. The number of hydrogen-bond donors (Lipinski definition) is 2. The standard InChI is InChI=1S/C20H26N4O4/c1-2-7-17-19(24(26)27)18(23-22-17)20(25)21-13-14-8-6-11-16(12-14)28-15-9-4-3-5-10-15/h6,8,11-12,15H,2-5,7,9-10,13H2,1H3,(H,21,25)(H,22,23). The van der Waals surface area contributed by atoms with Gasteiger partial charge < -0.3 is 10.1 Å². The lowest BCUT2D eigenvalue weighted by Crippen LogP contribution is -2.24. The number of ether oxygens (including phenoxy) is 1. The number of benzene rings is 1. The molecule has 8 nitrogen and oxygen atoms in total. The van der Waals surface area contributed by atoms with Crippen LogP contribution < -0.4 is 10.1 Å². The third kappa shape index (κ3) is 4.88. The summed E-state index contributed by atoms with van der Waals surface area (Å²) in [6.45, 7) is 2.15. The largest absolute Gasteiger partial charge is 0.490 e. The molecule has 0 bridgehead atoms. The molecule has 0 spiro atoms. The highest BCUT2D eigenvalue weighted by atomic mass is 16.6. The van der Waals surface area contributed by atoms with Crippen LogP contribution in [0.3, 0.4) is 0 Å². The zero-order chi connectivity index (χ0) is 19.9. The number of aromatic amines is 1. The molecule has 8 heteroatoms. The summed E-state index contributed by atoms with van der Waals surface area (Å²) in [7, 11) is 0. The molecule has 1 aromatic carbocycles. The van der Waals surface area contributed by atoms with E-state index in [2.05, 4.69) is 15.5 Å². The molecule has 1 saturated carbocycles. The Morgan fingerprint density at radius 1 is 1.36 bits per heavy atom. The van der Waals surface area contributed by atoms with Crippen LogP contribution in [0.4, 0.5) is 5.69 Å². The van der Waals surface area contributed by atoms with Gasteiger partial charge in [0, 0.05) is 6.54 Å². The molecule has 2 N–H and O–H groups in total. The monoisotopic (exact) mass is 386 g/mol. The second-order valence-electron chi connectivity index (χ2n) is 7.11. The molecule has 1 aliphatic rings. The van der Waals surface area contributed by atoms with Gasteiger partial charge in [0.05, 0.1) is 11.0 Å². The maximum absolute atomic E-state index is 12.4. The molecule has 150 valence electrons. The Morgan fingerprint density at radius 3 is 2.86 bits per heavy atom. The minimum absolute atomic E-state index is 0.178. The van der Waals surface area contributed by atoms with Gasteiger partial charge in [0.2, 0.25) is 5.69 Å². The topological polar surface area (TPSA) is 110 Å². The molecule has 0 atom stereocenters. The van der Waals surface area contributed by atoms with Crippen molar-refractivity contribution >= 4 is 11.6 Å². The van der Waals surface area contributed by atoms with Crippen molar-refractivity contribution in [2.24, 2.45) is 0 Å². The number of carbonyl (C=O) groups is 1. The van der Waals surface area contributed by atoms with E-state index in [-0.39, 0.29) is 24.0 Å². The van der Waals surface area contributed by atoms with Crippen LogP contribution in [0.1, 0.15) is 67.2 Å². The zero-order valence-corrected chi connectivity index (χ0v) is 16.1. The summed E-state index contributed by atoms with van der Waals surface area (Å²) in [6.07, 6.45) is 7.25. The minimum atomic E-state index is -0.566. The molecule has 1 aromatic heterocycles. The van der Waals surface area contributed by atoms with Crippen molar-refractivity contribution in [1.82, 2.24) is 15.5 Å². The maximum Gasteiger partial charge on any atom is 0.322 e. The Balaban J connectivity index is 1.63. The average molecular weight is 386 g/mol. The van der Waals surface area contributed by atoms with Crippen molar-refractivity contribution in [2.45, 2.75) is 64.5 Å². The number of rotatable bonds is 8. The first-order valence-electron chi connectivity index (χ1n) is 9.84. The van der Waals surface area contributed by atoms with Gasteiger partial charge in [-0.25, -0.2) is 0 Å².